The number of fused-ring (bicyclic) bond motifs is 1. The molecule has 1 saturated heterocycles. The molecular weight excluding hydrogens is 583 g/mol. The van der Waals surface area contributed by atoms with Crippen molar-refractivity contribution in [3.63, 3.8) is 0 Å². The normalized spacial score (nSPS) is 21.3. The van der Waals surface area contributed by atoms with E-state index in [9.17, 15) is 22.8 Å². The molecule has 3 aromatic rings. The molecule has 2 heterocycles. The van der Waals surface area contributed by atoms with Gasteiger partial charge in [-0.05, 0) is 87.3 Å². The molecule has 7 nitrogen and oxygen atoms in total. The first kappa shape index (κ1) is 30.9. The quantitative estimate of drug-likeness (QED) is 0.276. The summed E-state index contributed by atoms with van der Waals surface area (Å²) in [6.45, 7) is 1.33. The third-order valence-electron chi connectivity index (χ3n) is 9.07. The van der Waals surface area contributed by atoms with E-state index >= 15 is 0 Å². The lowest BCUT2D eigenvalue weighted by molar-refractivity contribution is -0.137. The number of hydrogen-bond acceptors (Lipinski definition) is 6. The monoisotopic (exact) mass is 621 g/mol. The van der Waals surface area contributed by atoms with Crippen LogP contribution in [0.1, 0.15) is 80.5 Å². The molecule has 10 heteroatoms. The highest BCUT2D eigenvalue weighted by atomic mass is 19.4. The van der Waals surface area contributed by atoms with Crippen molar-refractivity contribution in [1.82, 2.24) is 10.3 Å². The van der Waals surface area contributed by atoms with Gasteiger partial charge in [-0.2, -0.15) is 13.2 Å². The summed E-state index contributed by atoms with van der Waals surface area (Å²) in [5.74, 6) is 0.831. The van der Waals surface area contributed by atoms with Crippen LogP contribution in [0.5, 0.6) is 5.75 Å². The summed E-state index contributed by atoms with van der Waals surface area (Å²) >= 11 is 0. The fourth-order valence-corrected chi connectivity index (χ4v) is 6.48. The van der Waals surface area contributed by atoms with Crippen molar-refractivity contribution in [3.05, 3.63) is 77.7 Å². The van der Waals surface area contributed by atoms with E-state index in [2.05, 4.69) is 27.4 Å². The molecule has 1 amide bonds. The van der Waals surface area contributed by atoms with Crippen LogP contribution in [0.4, 0.5) is 18.9 Å². The van der Waals surface area contributed by atoms with Gasteiger partial charge in [0.15, 0.2) is 11.4 Å². The Morgan fingerprint density at radius 3 is 2.47 bits per heavy atom. The summed E-state index contributed by atoms with van der Waals surface area (Å²) in [7, 11) is 0. The van der Waals surface area contributed by atoms with Gasteiger partial charge in [0.1, 0.15) is 17.4 Å². The van der Waals surface area contributed by atoms with Crippen molar-refractivity contribution in [3.8, 4) is 5.75 Å². The van der Waals surface area contributed by atoms with Crippen molar-refractivity contribution in [2.24, 2.45) is 5.92 Å². The van der Waals surface area contributed by atoms with Crippen LogP contribution in [0.2, 0.25) is 0 Å². The average Bonchev–Trinajstić information content (AvgIpc) is 3.27. The maximum Gasteiger partial charge on any atom is 0.416 e. The van der Waals surface area contributed by atoms with Crippen LogP contribution in [0.25, 0.3) is 11.1 Å². The van der Waals surface area contributed by atoms with Crippen LogP contribution in [-0.2, 0) is 11.0 Å². The number of ether oxygens (including phenoxy) is 1. The van der Waals surface area contributed by atoms with Gasteiger partial charge in [-0.15, -0.1) is 0 Å². The number of halogens is 3. The van der Waals surface area contributed by atoms with E-state index in [1.807, 2.05) is 6.08 Å². The zero-order chi connectivity index (χ0) is 31.4. The zero-order valence-corrected chi connectivity index (χ0v) is 25.2. The van der Waals surface area contributed by atoms with Crippen LogP contribution in [0.3, 0.4) is 0 Å². The molecule has 0 radical (unpaired) electrons. The Morgan fingerprint density at radius 2 is 1.73 bits per heavy atom. The lowest BCUT2D eigenvalue weighted by atomic mass is 9.82. The fourth-order valence-electron chi connectivity index (χ4n) is 6.48. The highest BCUT2D eigenvalue weighted by Crippen LogP contribution is 2.32. The molecule has 238 valence electrons. The van der Waals surface area contributed by atoms with E-state index in [-0.39, 0.29) is 29.7 Å². The van der Waals surface area contributed by atoms with Gasteiger partial charge in [0, 0.05) is 55.7 Å². The lowest BCUT2D eigenvalue weighted by Gasteiger charge is -2.33. The molecule has 0 bridgehead atoms. The number of ketones is 1. The number of amides is 1. The van der Waals surface area contributed by atoms with E-state index in [1.165, 1.54) is 12.1 Å². The number of benzene rings is 2. The Bertz CT molecular complexity index is 1560. The summed E-state index contributed by atoms with van der Waals surface area (Å²) in [4.78, 5) is 32.1. The fraction of sp³-hybridized carbons (Fsp3) is 0.457. The van der Waals surface area contributed by atoms with Crippen LogP contribution in [-0.4, -0.2) is 41.9 Å². The van der Waals surface area contributed by atoms with E-state index in [4.69, 9.17) is 9.15 Å². The number of rotatable bonds is 8. The first-order valence-electron chi connectivity index (χ1n) is 15.9. The number of anilines is 1. The predicted molar refractivity (Wildman–Crippen MR) is 165 cm³/mol. The molecular formula is C35H38F3N3O4. The summed E-state index contributed by atoms with van der Waals surface area (Å²) in [5, 5.41) is 3.06. The summed E-state index contributed by atoms with van der Waals surface area (Å²) in [6.07, 6.45) is 10.2. The Kier molecular flexibility index (Phi) is 9.28. The van der Waals surface area contributed by atoms with Gasteiger partial charge in [0.05, 0.1) is 5.56 Å². The Balaban J connectivity index is 0.970. The van der Waals surface area contributed by atoms with Crippen LogP contribution in [0, 0.1) is 5.92 Å². The second-order valence-electron chi connectivity index (χ2n) is 12.3. The van der Waals surface area contributed by atoms with Gasteiger partial charge >= 0.3 is 12.1 Å². The number of nitrogens with zero attached hydrogens (tertiary/aromatic N) is 2. The second-order valence-corrected chi connectivity index (χ2v) is 12.3. The minimum atomic E-state index is -4.35. The third-order valence-corrected chi connectivity index (χ3v) is 9.07. The Hall–Kier alpha value is -4.08. The summed E-state index contributed by atoms with van der Waals surface area (Å²) in [5.41, 5.74) is 1.98. The second kappa shape index (κ2) is 13.5. The molecule has 0 spiro atoms. The van der Waals surface area contributed by atoms with Crippen molar-refractivity contribution < 1.29 is 31.9 Å². The average molecular weight is 622 g/mol. The van der Waals surface area contributed by atoms with E-state index in [0.29, 0.717) is 55.1 Å². The number of Topliss-reactive ketones (excluding diaryl/α,β-unsaturated/α-hetero) is 1. The minimum Gasteiger partial charge on any atom is -0.490 e. The van der Waals surface area contributed by atoms with Gasteiger partial charge in [0.25, 0.3) is 5.89 Å². The molecule has 1 saturated carbocycles. The number of oxazole rings is 1. The van der Waals surface area contributed by atoms with Crippen molar-refractivity contribution in [2.75, 3.05) is 18.0 Å². The number of hydrogen-bond donors (Lipinski definition) is 1. The smallest absolute Gasteiger partial charge is 0.416 e. The maximum atomic E-state index is 13.0. The van der Waals surface area contributed by atoms with Crippen LogP contribution >= 0.6 is 0 Å². The molecule has 6 rings (SSSR count). The number of allylic oxidation sites excluding steroid dienone is 4. The molecule has 2 aromatic carbocycles. The van der Waals surface area contributed by atoms with E-state index in [0.717, 1.165) is 68.3 Å². The molecule has 1 aromatic heterocycles. The van der Waals surface area contributed by atoms with Gasteiger partial charge in [-0.1, -0.05) is 18.2 Å². The Labute approximate surface area is 260 Å². The first-order valence-corrected chi connectivity index (χ1v) is 15.9. The number of carbonyl (C=O) groups is 2. The van der Waals surface area contributed by atoms with Gasteiger partial charge < -0.3 is 19.4 Å². The highest BCUT2D eigenvalue weighted by Gasteiger charge is 2.31. The Morgan fingerprint density at radius 1 is 0.978 bits per heavy atom. The number of aromatic nitrogens is 1. The first-order chi connectivity index (χ1) is 21.7. The topological polar surface area (TPSA) is 84.7 Å². The molecule has 45 heavy (non-hydrogen) atoms. The standard InChI is InChI=1S/C35H38F3N3O4/c36-35(37,38)25-9-13-27(14-10-25)41-19-17-28(18-20-41)44-29-15-16-30-32(22-29)45-34(40-30)33(43)39-26-11-7-23(8-12-26)21-31(42)24-5-3-1-2-4-6-24/h3,5-6,9-10,13-16,22-23,26,28H,1-2,4,7-8,11-12,17-21H2,(H,39,43). The predicted octanol–water partition coefficient (Wildman–Crippen LogP) is 7.81. The van der Waals surface area contributed by atoms with Crippen LogP contribution < -0.4 is 15.0 Å². The third kappa shape index (κ3) is 7.78. The highest BCUT2D eigenvalue weighted by molar-refractivity contribution is 5.98. The van der Waals surface area contributed by atoms with Gasteiger partial charge in [-0.3, -0.25) is 9.59 Å². The van der Waals surface area contributed by atoms with Gasteiger partial charge in [0.2, 0.25) is 0 Å². The van der Waals surface area contributed by atoms with Crippen molar-refractivity contribution in [2.45, 2.75) is 82.5 Å². The minimum absolute atomic E-state index is 0.0105. The largest absolute Gasteiger partial charge is 0.490 e. The van der Waals surface area contributed by atoms with Crippen molar-refractivity contribution in [1.29, 1.82) is 0 Å². The lowest BCUT2D eigenvalue weighted by Crippen LogP contribution is -2.38. The number of nitrogens with one attached hydrogen (secondary N) is 1. The molecule has 1 N–H and O–H groups in total. The maximum absolute atomic E-state index is 13.0. The van der Waals surface area contributed by atoms with Gasteiger partial charge in [-0.25, -0.2) is 4.98 Å². The molecule has 0 atom stereocenters. The molecule has 2 fully saturated rings. The molecule has 3 aliphatic rings. The number of piperidine rings is 1. The molecule has 2 aliphatic carbocycles. The van der Waals surface area contributed by atoms with E-state index < -0.39 is 11.7 Å². The van der Waals surface area contributed by atoms with Crippen molar-refractivity contribution >= 4 is 28.5 Å². The van der Waals surface area contributed by atoms with E-state index in [1.54, 1.807) is 18.2 Å². The number of alkyl halides is 3. The summed E-state index contributed by atoms with van der Waals surface area (Å²) < 4.78 is 50.6. The summed E-state index contributed by atoms with van der Waals surface area (Å²) in [6, 6.07) is 10.6. The SMILES string of the molecule is O=C(CC1CCC(NC(=O)c2nc3ccc(OC4CCN(c5ccc(C(F)(F)F)cc5)CC4)cc3o2)CC1)C1=CCCCC=C1. The zero-order valence-electron chi connectivity index (χ0n) is 25.2. The van der Waals surface area contributed by atoms with Crippen LogP contribution in [0.15, 0.2) is 70.7 Å². The molecule has 0 unspecified atom stereocenters. The molecule has 1 aliphatic heterocycles. The number of carbonyl (C=O) groups excluding carboxylic acids is 2.